The first-order valence-corrected chi connectivity index (χ1v) is 26.5. The Kier molecular flexibility index (Phi) is 9.85. The van der Waals surface area contributed by atoms with Crippen molar-refractivity contribution >= 4 is 23.5 Å². The molecule has 4 heterocycles. The number of hydrogen-bond acceptors (Lipinski definition) is 5. The summed E-state index contributed by atoms with van der Waals surface area (Å²) in [4.78, 5) is 3.32. The van der Waals surface area contributed by atoms with E-state index in [1.165, 1.54) is 122 Å². The molecule has 0 aromatic heterocycles. The molecule has 0 spiro atoms. The van der Waals surface area contributed by atoms with Crippen LogP contribution in [0.3, 0.4) is 0 Å². The highest BCUT2D eigenvalue weighted by atomic mass is 32.2. The zero-order chi connectivity index (χ0) is 34.6. The minimum Gasteiger partial charge on any atom is -0.374 e. The molecule has 3 nitrogen and oxygen atoms in total. The normalized spacial score (nSPS) is 57.3. The van der Waals surface area contributed by atoms with Crippen molar-refractivity contribution in [3.8, 4) is 0 Å². The zero-order valence-electron chi connectivity index (χ0n) is 33.3. The second-order valence-electron chi connectivity index (χ2n) is 21.9. The van der Waals surface area contributed by atoms with E-state index in [1.54, 1.807) is 51.4 Å². The van der Waals surface area contributed by atoms with Gasteiger partial charge in [-0.1, -0.05) is 57.8 Å². The average molecular weight is 762 g/mol. The third kappa shape index (κ3) is 6.09. The van der Waals surface area contributed by atoms with Crippen molar-refractivity contribution in [2.24, 2.45) is 59.2 Å². The third-order valence-electron chi connectivity index (χ3n) is 19.9. The second kappa shape index (κ2) is 14.7. The van der Waals surface area contributed by atoms with Crippen LogP contribution in [0.2, 0.25) is 0 Å². The van der Waals surface area contributed by atoms with Crippen LogP contribution in [0.1, 0.15) is 173 Å². The molecule has 53 heavy (non-hydrogen) atoms. The van der Waals surface area contributed by atoms with E-state index < -0.39 is 0 Å². The molecule has 4 aliphatic heterocycles. The van der Waals surface area contributed by atoms with Crippen molar-refractivity contribution in [1.29, 1.82) is 0 Å². The minimum atomic E-state index is 0.560. The van der Waals surface area contributed by atoms with Crippen LogP contribution in [0.4, 0.5) is 0 Å². The molecular weight excluding hydrogens is 687 g/mol. The SMILES string of the molecule is C1CCC2C(C1)OC1CC(N(C3CCCC(C4CCCC5C6CCC7SC8CCCCC8C7C6SC45)C3)C3CCC4C(C3)OC3CCCCC34)CCC12. The monoisotopic (exact) mass is 762 g/mol. The molecule has 12 rings (SSSR count). The molecule has 4 saturated heterocycles. The molecule has 0 aromatic carbocycles. The summed E-state index contributed by atoms with van der Waals surface area (Å²) in [5.74, 6) is 9.81. The first-order chi connectivity index (χ1) is 26.2. The van der Waals surface area contributed by atoms with Gasteiger partial charge >= 0.3 is 0 Å². The first kappa shape index (κ1) is 35.5. The fourth-order valence-corrected chi connectivity index (χ4v) is 22.7. The summed E-state index contributed by atoms with van der Waals surface area (Å²) in [6.45, 7) is 0. The first-order valence-electron chi connectivity index (χ1n) is 24.6. The maximum Gasteiger partial charge on any atom is 0.0625 e. The van der Waals surface area contributed by atoms with E-state index in [4.69, 9.17) is 9.47 Å². The summed E-state index contributed by atoms with van der Waals surface area (Å²) >= 11 is 5.16. The molecule has 21 atom stereocenters. The van der Waals surface area contributed by atoms with Crippen LogP contribution in [0.15, 0.2) is 0 Å². The van der Waals surface area contributed by atoms with E-state index in [-0.39, 0.29) is 0 Å². The lowest BCUT2D eigenvalue weighted by Crippen LogP contribution is -2.56. The van der Waals surface area contributed by atoms with Gasteiger partial charge in [0.1, 0.15) is 0 Å². The standard InChI is InChI=1S/C48H75NO2S2/c1-4-16-40-33(11-1)35-21-19-30(26-42(35)50-40)49(31-20-22-36-34-12-2-5-17-41(34)51-43(36)27-31)29-10-7-9-28(25-29)32-14-8-15-37-38-23-24-45-46(48(38)53-47(32)37)39-13-3-6-18-44(39)52-45/h28-48H,1-27H2. The molecule has 8 saturated carbocycles. The van der Waals surface area contributed by atoms with Gasteiger partial charge in [0, 0.05) is 39.1 Å². The highest BCUT2D eigenvalue weighted by molar-refractivity contribution is 8.02. The Bertz CT molecular complexity index is 1260. The van der Waals surface area contributed by atoms with Crippen LogP contribution in [-0.2, 0) is 9.47 Å². The van der Waals surface area contributed by atoms with Gasteiger partial charge in [0.15, 0.2) is 0 Å². The Morgan fingerprint density at radius 1 is 0.340 bits per heavy atom. The zero-order valence-corrected chi connectivity index (χ0v) is 34.9. The Balaban J connectivity index is 0.792. The number of thioether (sulfide) groups is 2. The molecule has 12 aliphatic rings. The molecule has 296 valence electrons. The van der Waals surface area contributed by atoms with Crippen LogP contribution in [0.5, 0.6) is 0 Å². The van der Waals surface area contributed by atoms with Crippen LogP contribution in [0.25, 0.3) is 0 Å². The molecule has 12 fully saturated rings. The van der Waals surface area contributed by atoms with E-state index in [1.807, 2.05) is 0 Å². The smallest absolute Gasteiger partial charge is 0.0625 e. The molecule has 8 aliphatic carbocycles. The van der Waals surface area contributed by atoms with Crippen LogP contribution in [0, 0.1) is 59.2 Å². The third-order valence-corrected chi connectivity index (χ3v) is 23.7. The van der Waals surface area contributed by atoms with E-state index in [0.717, 1.165) is 98.3 Å². The van der Waals surface area contributed by atoms with Gasteiger partial charge in [0.2, 0.25) is 0 Å². The van der Waals surface area contributed by atoms with Gasteiger partial charge in [-0.3, -0.25) is 4.90 Å². The number of fused-ring (bicyclic) bond motifs is 13. The van der Waals surface area contributed by atoms with Crippen molar-refractivity contribution in [3.63, 3.8) is 0 Å². The van der Waals surface area contributed by atoms with Gasteiger partial charge < -0.3 is 9.47 Å². The topological polar surface area (TPSA) is 21.7 Å². The molecule has 0 N–H and O–H groups in total. The lowest BCUT2D eigenvalue weighted by atomic mass is 9.62. The van der Waals surface area contributed by atoms with Gasteiger partial charge in [-0.05, 0) is 175 Å². The Hall–Kier alpha value is 0.580. The summed E-state index contributed by atoms with van der Waals surface area (Å²) in [6, 6.07) is 2.33. The van der Waals surface area contributed by atoms with Crippen molar-refractivity contribution in [1.82, 2.24) is 4.90 Å². The van der Waals surface area contributed by atoms with Crippen molar-refractivity contribution in [2.75, 3.05) is 0 Å². The summed E-state index contributed by atoms with van der Waals surface area (Å²) in [7, 11) is 0. The van der Waals surface area contributed by atoms with Gasteiger partial charge in [-0.25, -0.2) is 0 Å². The van der Waals surface area contributed by atoms with E-state index in [2.05, 4.69) is 28.4 Å². The molecule has 0 aromatic rings. The number of nitrogens with zero attached hydrogens (tertiary/aromatic N) is 1. The largest absolute Gasteiger partial charge is 0.374 e. The lowest BCUT2D eigenvalue weighted by Gasteiger charge is -2.52. The number of rotatable bonds is 4. The van der Waals surface area contributed by atoms with Gasteiger partial charge in [-0.15, -0.1) is 0 Å². The van der Waals surface area contributed by atoms with E-state index in [0.29, 0.717) is 24.4 Å². The minimum absolute atomic E-state index is 0.560. The summed E-state index contributed by atoms with van der Waals surface area (Å²) in [5.41, 5.74) is 0. The summed E-state index contributed by atoms with van der Waals surface area (Å²) in [6.07, 6.45) is 42.3. The fourth-order valence-electron chi connectivity index (χ4n) is 17.9. The van der Waals surface area contributed by atoms with Crippen molar-refractivity contribution < 1.29 is 9.47 Å². The predicted octanol–water partition coefficient (Wildman–Crippen LogP) is 11.7. The summed E-state index contributed by atoms with van der Waals surface area (Å²) in [5, 5.41) is 4.08. The van der Waals surface area contributed by atoms with E-state index >= 15 is 0 Å². The van der Waals surface area contributed by atoms with Crippen LogP contribution < -0.4 is 0 Å². The predicted molar refractivity (Wildman–Crippen MR) is 220 cm³/mol. The average Bonchev–Trinajstić information content (AvgIpc) is 3.97. The maximum absolute atomic E-state index is 7.08. The van der Waals surface area contributed by atoms with Gasteiger partial charge in [0.05, 0.1) is 24.4 Å². The van der Waals surface area contributed by atoms with Crippen LogP contribution in [-0.4, -0.2) is 68.4 Å². The van der Waals surface area contributed by atoms with Crippen molar-refractivity contribution in [2.45, 2.75) is 237 Å². The fraction of sp³-hybridized carbons (Fsp3) is 1.00. The molecular formula is C48H75NO2S2. The molecule has 0 radical (unpaired) electrons. The molecule has 0 bridgehead atoms. The molecule has 5 heteroatoms. The Labute approximate surface area is 332 Å². The lowest BCUT2D eigenvalue weighted by molar-refractivity contribution is -0.0670. The van der Waals surface area contributed by atoms with Gasteiger partial charge in [-0.2, -0.15) is 23.5 Å². The molecule has 0 amide bonds. The number of hydrogen-bond donors (Lipinski definition) is 0. The molecule has 21 unspecified atom stereocenters. The highest BCUT2D eigenvalue weighted by Gasteiger charge is 2.60. The second-order valence-corrected chi connectivity index (χ2v) is 24.8. The van der Waals surface area contributed by atoms with Crippen molar-refractivity contribution in [3.05, 3.63) is 0 Å². The Morgan fingerprint density at radius 3 is 1.62 bits per heavy atom. The summed E-state index contributed by atoms with van der Waals surface area (Å²) < 4.78 is 14.2. The number of ether oxygens (including phenoxy) is 2. The quantitative estimate of drug-likeness (QED) is 0.284. The van der Waals surface area contributed by atoms with Crippen LogP contribution >= 0.6 is 23.5 Å². The highest BCUT2D eigenvalue weighted by Crippen LogP contribution is 2.66. The van der Waals surface area contributed by atoms with E-state index in [9.17, 15) is 0 Å². The Morgan fingerprint density at radius 2 is 0.887 bits per heavy atom. The maximum atomic E-state index is 7.08. The van der Waals surface area contributed by atoms with Gasteiger partial charge in [0.25, 0.3) is 0 Å².